The zero-order valence-electron chi connectivity index (χ0n) is 11.8. The van der Waals surface area contributed by atoms with E-state index in [-0.39, 0.29) is 11.5 Å². The molecular weight excluding hydrogens is 258 g/mol. The number of rotatable bonds is 5. The number of likely N-dealkylation sites (N-methyl/N-ethyl adjacent to an activating group) is 1. The first-order valence-electron chi connectivity index (χ1n) is 6.34. The maximum atomic E-state index is 11.8. The van der Waals surface area contributed by atoms with E-state index in [1.807, 2.05) is 19.0 Å². The molecular formula is C15H17NO4. The standard InChI is InChI=1S/C15H17NO4/c1-10(17)11-4-5-13-12(8-11)9-14(20-13)15(18)19-7-6-16(2)3/h4-5,8-9H,6-7H2,1-3H3. The Morgan fingerprint density at radius 3 is 2.65 bits per heavy atom. The van der Waals surface area contributed by atoms with Crippen molar-refractivity contribution in [3.63, 3.8) is 0 Å². The number of hydrogen-bond acceptors (Lipinski definition) is 5. The SMILES string of the molecule is CC(=O)c1ccc2oc(C(=O)OCCN(C)C)cc2c1. The number of furan rings is 1. The van der Waals surface area contributed by atoms with Gasteiger partial charge in [0.15, 0.2) is 5.78 Å². The lowest BCUT2D eigenvalue weighted by atomic mass is 10.1. The Labute approximate surface area is 117 Å². The monoisotopic (exact) mass is 275 g/mol. The molecule has 0 unspecified atom stereocenters. The molecule has 0 fully saturated rings. The fourth-order valence-corrected chi connectivity index (χ4v) is 1.75. The van der Waals surface area contributed by atoms with Crippen molar-refractivity contribution in [3.05, 3.63) is 35.6 Å². The molecule has 1 aromatic carbocycles. The summed E-state index contributed by atoms with van der Waals surface area (Å²) in [6.45, 7) is 2.46. The van der Waals surface area contributed by atoms with Crippen LogP contribution in [-0.2, 0) is 4.74 Å². The van der Waals surface area contributed by atoms with Crippen molar-refractivity contribution in [2.24, 2.45) is 0 Å². The summed E-state index contributed by atoms with van der Waals surface area (Å²) >= 11 is 0. The molecule has 0 saturated heterocycles. The van der Waals surface area contributed by atoms with Gasteiger partial charge < -0.3 is 14.1 Å². The number of nitrogens with zero attached hydrogens (tertiary/aromatic N) is 1. The topological polar surface area (TPSA) is 59.8 Å². The molecule has 0 saturated carbocycles. The summed E-state index contributed by atoms with van der Waals surface area (Å²) in [5.41, 5.74) is 1.15. The number of fused-ring (bicyclic) bond motifs is 1. The lowest BCUT2D eigenvalue weighted by Gasteiger charge is -2.08. The molecule has 0 aliphatic rings. The lowest BCUT2D eigenvalue weighted by Crippen LogP contribution is -2.19. The predicted octanol–water partition coefficient (Wildman–Crippen LogP) is 2.35. The fraction of sp³-hybridized carbons (Fsp3) is 0.333. The number of carbonyl (C=O) groups is 2. The number of ether oxygens (including phenoxy) is 1. The number of carbonyl (C=O) groups excluding carboxylic acids is 2. The van der Waals surface area contributed by atoms with Crippen molar-refractivity contribution in [3.8, 4) is 0 Å². The normalized spacial score (nSPS) is 11.0. The molecule has 2 aromatic rings. The van der Waals surface area contributed by atoms with Crippen LogP contribution in [0.25, 0.3) is 11.0 Å². The largest absolute Gasteiger partial charge is 0.458 e. The van der Waals surface area contributed by atoms with Gasteiger partial charge in [0.1, 0.15) is 12.2 Å². The Balaban J connectivity index is 2.14. The summed E-state index contributed by atoms with van der Waals surface area (Å²) in [6, 6.07) is 6.66. The summed E-state index contributed by atoms with van der Waals surface area (Å²) in [5, 5.41) is 0.720. The van der Waals surface area contributed by atoms with Gasteiger partial charge in [0.05, 0.1) is 0 Å². The zero-order valence-corrected chi connectivity index (χ0v) is 11.8. The average Bonchev–Trinajstić information content (AvgIpc) is 2.80. The van der Waals surface area contributed by atoms with Gasteiger partial charge in [-0.3, -0.25) is 4.79 Å². The molecule has 2 rings (SSSR count). The number of benzene rings is 1. The average molecular weight is 275 g/mol. The minimum absolute atomic E-state index is 0.0248. The third kappa shape index (κ3) is 3.24. The van der Waals surface area contributed by atoms with Gasteiger partial charge in [-0.25, -0.2) is 4.79 Å². The highest BCUT2D eigenvalue weighted by Crippen LogP contribution is 2.21. The maximum absolute atomic E-state index is 11.8. The number of ketones is 1. The van der Waals surface area contributed by atoms with Gasteiger partial charge in [-0.15, -0.1) is 0 Å². The number of hydrogen-bond donors (Lipinski definition) is 0. The Bertz CT molecular complexity index is 642. The second-order valence-electron chi connectivity index (χ2n) is 4.86. The smallest absolute Gasteiger partial charge is 0.374 e. The van der Waals surface area contributed by atoms with Crippen molar-refractivity contribution in [2.75, 3.05) is 27.2 Å². The molecule has 1 heterocycles. The summed E-state index contributed by atoms with van der Waals surface area (Å²) in [5.74, 6) is -0.366. The highest BCUT2D eigenvalue weighted by Gasteiger charge is 2.14. The van der Waals surface area contributed by atoms with Gasteiger partial charge in [0, 0.05) is 17.5 Å². The number of Topliss-reactive ketones (excluding diaryl/α,β-unsaturated/α-hetero) is 1. The third-order valence-electron chi connectivity index (χ3n) is 2.90. The van der Waals surface area contributed by atoms with E-state index in [2.05, 4.69) is 0 Å². The summed E-state index contributed by atoms with van der Waals surface area (Å²) < 4.78 is 10.5. The van der Waals surface area contributed by atoms with Crippen molar-refractivity contribution < 1.29 is 18.7 Å². The first kappa shape index (κ1) is 14.3. The van der Waals surface area contributed by atoms with Gasteiger partial charge >= 0.3 is 5.97 Å². The Morgan fingerprint density at radius 1 is 1.25 bits per heavy atom. The molecule has 106 valence electrons. The van der Waals surface area contributed by atoms with E-state index < -0.39 is 5.97 Å². The zero-order chi connectivity index (χ0) is 14.7. The quantitative estimate of drug-likeness (QED) is 0.619. The summed E-state index contributed by atoms with van der Waals surface area (Å²) in [4.78, 5) is 25.0. The van der Waals surface area contributed by atoms with Crippen LogP contribution in [0.5, 0.6) is 0 Å². The molecule has 5 heteroatoms. The van der Waals surface area contributed by atoms with Crippen molar-refractivity contribution >= 4 is 22.7 Å². The van der Waals surface area contributed by atoms with Crippen LogP contribution in [0.1, 0.15) is 27.8 Å². The second kappa shape index (κ2) is 5.88. The van der Waals surface area contributed by atoms with E-state index in [4.69, 9.17) is 9.15 Å². The molecule has 0 aliphatic carbocycles. The Morgan fingerprint density at radius 2 is 2.00 bits per heavy atom. The molecule has 0 N–H and O–H groups in total. The van der Waals surface area contributed by atoms with Crippen molar-refractivity contribution in [1.82, 2.24) is 4.90 Å². The van der Waals surface area contributed by atoms with E-state index in [0.717, 1.165) is 5.39 Å². The van der Waals surface area contributed by atoms with Crippen LogP contribution in [0.3, 0.4) is 0 Å². The predicted molar refractivity (Wildman–Crippen MR) is 75.1 cm³/mol. The first-order valence-corrected chi connectivity index (χ1v) is 6.34. The van der Waals surface area contributed by atoms with Crippen LogP contribution in [-0.4, -0.2) is 43.9 Å². The molecule has 20 heavy (non-hydrogen) atoms. The summed E-state index contributed by atoms with van der Waals surface area (Å²) in [7, 11) is 3.80. The van der Waals surface area contributed by atoms with Crippen LogP contribution in [0.4, 0.5) is 0 Å². The van der Waals surface area contributed by atoms with Crippen LogP contribution in [0.2, 0.25) is 0 Å². The van der Waals surface area contributed by atoms with E-state index in [9.17, 15) is 9.59 Å². The van der Waals surface area contributed by atoms with Gasteiger partial charge in [-0.1, -0.05) is 0 Å². The molecule has 0 atom stereocenters. The molecule has 0 radical (unpaired) electrons. The van der Waals surface area contributed by atoms with Crippen molar-refractivity contribution in [2.45, 2.75) is 6.92 Å². The molecule has 5 nitrogen and oxygen atoms in total. The lowest BCUT2D eigenvalue weighted by molar-refractivity contribution is 0.0448. The third-order valence-corrected chi connectivity index (χ3v) is 2.90. The summed E-state index contributed by atoms with van der Waals surface area (Å²) in [6.07, 6.45) is 0. The van der Waals surface area contributed by atoms with E-state index in [0.29, 0.717) is 24.3 Å². The van der Waals surface area contributed by atoms with E-state index in [1.54, 1.807) is 24.3 Å². The van der Waals surface area contributed by atoms with Crippen LogP contribution in [0.15, 0.2) is 28.7 Å². The van der Waals surface area contributed by atoms with Crippen LogP contribution >= 0.6 is 0 Å². The van der Waals surface area contributed by atoms with Crippen LogP contribution < -0.4 is 0 Å². The Kier molecular flexibility index (Phi) is 4.20. The highest BCUT2D eigenvalue weighted by atomic mass is 16.5. The van der Waals surface area contributed by atoms with Crippen molar-refractivity contribution in [1.29, 1.82) is 0 Å². The van der Waals surface area contributed by atoms with E-state index >= 15 is 0 Å². The highest BCUT2D eigenvalue weighted by molar-refractivity contribution is 5.99. The maximum Gasteiger partial charge on any atom is 0.374 e. The molecule has 0 aliphatic heterocycles. The molecule has 0 spiro atoms. The molecule has 0 amide bonds. The first-order chi connectivity index (χ1) is 9.47. The second-order valence-corrected chi connectivity index (χ2v) is 4.86. The van der Waals surface area contributed by atoms with Gasteiger partial charge in [0.2, 0.25) is 5.76 Å². The minimum atomic E-state index is -0.493. The van der Waals surface area contributed by atoms with Gasteiger partial charge in [-0.05, 0) is 45.3 Å². The molecule has 0 bridgehead atoms. The van der Waals surface area contributed by atoms with E-state index in [1.165, 1.54) is 6.92 Å². The van der Waals surface area contributed by atoms with Gasteiger partial charge in [0.25, 0.3) is 0 Å². The Hall–Kier alpha value is -2.14. The van der Waals surface area contributed by atoms with Crippen LogP contribution in [0, 0.1) is 0 Å². The number of esters is 1. The molecule has 1 aromatic heterocycles. The minimum Gasteiger partial charge on any atom is -0.458 e. The van der Waals surface area contributed by atoms with Gasteiger partial charge in [-0.2, -0.15) is 0 Å². The fourth-order valence-electron chi connectivity index (χ4n) is 1.75.